The lowest BCUT2D eigenvalue weighted by Crippen LogP contribution is -2.36. The molecule has 1 aliphatic heterocycles. The van der Waals surface area contributed by atoms with Crippen molar-refractivity contribution in [2.45, 2.75) is 51.6 Å². The van der Waals surface area contributed by atoms with Gasteiger partial charge in [0.1, 0.15) is 11.5 Å². The molecule has 12 heteroatoms. The molecule has 3 rings (SSSR count). The van der Waals surface area contributed by atoms with E-state index in [2.05, 4.69) is 0 Å². The molecule has 1 aromatic heterocycles. The highest BCUT2D eigenvalue weighted by Crippen LogP contribution is 2.37. The van der Waals surface area contributed by atoms with E-state index < -0.39 is 23.6 Å². The maximum absolute atomic E-state index is 15.0. The van der Waals surface area contributed by atoms with Crippen molar-refractivity contribution in [1.82, 2.24) is 4.57 Å². The average molecular weight is 478 g/mol. The highest BCUT2D eigenvalue weighted by atomic mass is 19.4. The lowest BCUT2D eigenvalue weighted by Gasteiger charge is -2.26. The Labute approximate surface area is 186 Å². The number of anilines is 1. The van der Waals surface area contributed by atoms with E-state index in [9.17, 15) is 22.4 Å². The van der Waals surface area contributed by atoms with Gasteiger partial charge in [0.2, 0.25) is 0 Å². The molecular formula is C21H27F5N4O3. The fourth-order valence-electron chi connectivity index (χ4n) is 3.98. The number of pyridine rings is 1. The molecule has 0 amide bonds. The van der Waals surface area contributed by atoms with Crippen LogP contribution in [-0.4, -0.2) is 47.1 Å². The predicted octanol–water partition coefficient (Wildman–Crippen LogP) is 3.00. The van der Waals surface area contributed by atoms with Gasteiger partial charge in [-0.1, -0.05) is 0 Å². The van der Waals surface area contributed by atoms with Crippen molar-refractivity contribution in [3.05, 3.63) is 39.4 Å². The highest BCUT2D eigenvalue weighted by Gasteiger charge is 2.39. The van der Waals surface area contributed by atoms with Gasteiger partial charge in [-0.05, 0) is 38.0 Å². The minimum atomic E-state index is -5.08. The van der Waals surface area contributed by atoms with Gasteiger partial charge in [0, 0.05) is 43.5 Å². The Kier molecular flexibility index (Phi) is 7.74. The van der Waals surface area contributed by atoms with Crippen LogP contribution in [0.4, 0.5) is 27.6 Å². The number of carbonyl (C=O) groups is 1. The molecule has 0 saturated carbocycles. The minimum absolute atomic E-state index is 0.0509. The molecule has 184 valence electrons. The fraction of sp³-hybridized carbons (Fsp3) is 0.524. The van der Waals surface area contributed by atoms with Crippen molar-refractivity contribution >= 4 is 22.6 Å². The van der Waals surface area contributed by atoms with Gasteiger partial charge in [-0.25, -0.2) is 13.6 Å². The van der Waals surface area contributed by atoms with Gasteiger partial charge in [0.05, 0.1) is 17.7 Å². The first-order valence-corrected chi connectivity index (χ1v) is 10.2. The van der Waals surface area contributed by atoms with Gasteiger partial charge in [0.25, 0.3) is 5.56 Å². The van der Waals surface area contributed by atoms with Crippen LogP contribution in [0.5, 0.6) is 0 Å². The number of carboxylic acids is 1. The number of aliphatic carboxylic acids is 1. The summed E-state index contributed by atoms with van der Waals surface area (Å²) in [6, 6.07) is 2.79. The van der Waals surface area contributed by atoms with Crippen LogP contribution >= 0.6 is 0 Å². The lowest BCUT2D eigenvalue weighted by molar-refractivity contribution is -0.192. The number of aryl methyl sites for hydroxylation is 1. The number of nitrogens with zero attached hydrogens (tertiary/aromatic N) is 2. The number of fused-ring (bicyclic) bond motifs is 1. The molecule has 1 atom stereocenters. The lowest BCUT2D eigenvalue weighted by atomic mass is 10.0. The van der Waals surface area contributed by atoms with Crippen molar-refractivity contribution in [3.8, 4) is 0 Å². The Bertz CT molecular complexity index is 1100. The first-order chi connectivity index (χ1) is 15.2. The molecule has 1 unspecified atom stereocenters. The number of aromatic nitrogens is 1. The summed E-state index contributed by atoms with van der Waals surface area (Å²) in [7, 11) is 0. The summed E-state index contributed by atoms with van der Waals surface area (Å²) in [6.45, 7) is 6.08. The van der Waals surface area contributed by atoms with E-state index in [1.54, 1.807) is 16.4 Å². The minimum Gasteiger partial charge on any atom is -0.475 e. The second kappa shape index (κ2) is 9.64. The average Bonchev–Trinajstić information content (AvgIpc) is 3.09. The van der Waals surface area contributed by atoms with E-state index in [-0.39, 0.29) is 37.7 Å². The largest absolute Gasteiger partial charge is 0.490 e. The fourth-order valence-corrected chi connectivity index (χ4v) is 3.98. The van der Waals surface area contributed by atoms with Crippen LogP contribution in [0.2, 0.25) is 0 Å². The van der Waals surface area contributed by atoms with Crippen molar-refractivity contribution in [1.29, 1.82) is 0 Å². The third-order valence-electron chi connectivity index (χ3n) is 5.55. The SMILES string of the molecule is Cc1c(N2CCC(F)(CN)C2)c(F)cc2c(CN)cc(=O)n(C(C)C)c12.O=C(O)C(F)(F)F. The third-order valence-corrected chi connectivity index (χ3v) is 5.55. The van der Waals surface area contributed by atoms with Crippen molar-refractivity contribution in [2.75, 3.05) is 24.5 Å². The predicted molar refractivity (Wildman–Crippen MR) is 115 cm³/mol. The van der Waals surface area contributed by atoms with Gasteiger partial charge in [-0.15, -0.1) is 0 Å². The van der Waals surface area contributed by atoms with E-state index in [1.165, 1.54) is 12.1 Å². The van der Waals surface area contributed by atoms with Crippen LogP contribution in [-0.2, 0) is 11.3 Å². The highest BCUT2D eigenvalue weighted by molar-refractivity contribution is 5.90. The summed E-state index contributed by atoms with van der Waals surface area (Å²) in [6.07, 6.45) is -4.82. The molecule has 2 aromatic rings. The number of nitrogens with two attached hydrogens (primary N) is 2. The molecule has 1 aliphatic rings. The monoisotopic (exact) mass is 478 g/mol. The second-order valence-electron chi connectivity index (χ2n) is 8.23. The Morgan fingerprint density at radius 2 is 1.85 bits per heavy atom. The van der Waals surface area contributed by atoms with Crippen LogP contribution in [0.25, 0.3) is 10.9 Å². The molecule has 2 heterocycles. The molecule has 0 aliphatic carbocycles. The molecule has 0 radical (unpaired) electrons. The zero-order valence-corrected chi connectivity index (χ0v) is 18.5. The van der Waals surface area contributed by atoms with Crippen LogP contribution in [0.15, 0.2) is 16.9 Å². The quantitative estimate of drug-likeness (QED) is 0.582. The maximum Gasteiger partial charge on any atom is 0.490 e. The number of rotatable bonds is 4. The van der Waals surface area contributed by atoms with Crippen LogP contribution in [0.3, 0.4) is 0 Å². The smallest absolute Gasteiger partial charge is 0.475 e. The summed E-state index contributed by atoms with van der Waals surface area (Å²) in [5.41, 5.74) is 11.9. The van der Waals surface area contributed by atoms with E-state index in [0.717, 1.165) is 0 Å². The summed E-state index contributed by atoms with van der Waals surface area (Å²) in [5.74, 6) is -3.19. The second-order valence-corrected chi connectivity index (χ2v) is 8.23. The molecule has 1 fully saturated rings. The molecule has 7 nitrogen and oxygen atoms in total. The normalized spacial score (nSPS) is 18.6. The van der Waals surface area contributed by atoms with E-state index in [0.29, 0.717) is 34.3 Å². The van der Waals surface area contributed by atoms with Crippen LogP contribution in [0.1, 0.15) is 37.4 Å². The zero-order valence-electron chi connectivity index (χ0n) is 18.5. The Morgan fingerprint density at radius 1 is 1.27 bits per heavy atom. The Hall–Kier alpha value is -2.73. The third kappa shape index (κ3) is 5.44. The summed E-state index contributed by atoms with van der Waals surface area (Å²) in [5, 5.41) is 7.75. The van der Waals surface area contributed by atoms with E-state index >= 15 is 4.39 Å². The van der Waals surface area contributed by atoms with E-state index in [4.69, 9.17) is 21.4 Å². The number of hydrogen-bond donors (Lipinski definition) is 3. The molecule has 0 spiro atoms. The van der Waals surface area contributed by atoms with Crippen molar-refractivity contribution < 1.29 is 31.9 Å². The number of hydrogen-bond acceptors (Lipinski definition) is 5. The standard InChI is InChI=1S/C19H26F2N4O.C2HF3O2/c1-11(2)25-16(26)6-13(8-22)14-7-15(20)18(12(3)17(14)25)24-5-4-19(21,9-23)10-24;3-2(4,5)1(6)7/h6-7,11H,4-5,8-10,22-23H2,1-3H3;(H,6,7). The number of alkyl halides is 4. The number of carboxylic acid groups (broad SMARTS) is 1. The molecular weight excluding hydrogens is 451 g/mol. The van der Waals surface area contributed by atoms with E-state index in [1.807, 2.05) is 13.8 Å². The first-order valence-electron chi connectivity index (χ1n) is 10.2. The molecule has 0 bridgehead atoms. The van der Waals surface area contributed by atoms with Crippen LogP contribution < -0.4 is 21.9 Å². The zero-order chi connectivity index (χ0) is 25.3. The summed E-state index contributed by atoms with van der Waals surface area (Å²) in [4.78, 5) is 23.2. The molecule has 5 N–H and O–H groups in total. The van der Waals surface area contributed by atoms with Gasteiger partial charge in [-0.3, -0.25) is 4.79 Å². The summed E-state index contributed by atoms with van der Waals surface area (Å²) < 4.78 is 63.0. The molecule has 33 heavy (non-hydrogen) atoms. The maximum atomic E-state index is 15.0. The Morgan fingerprint density at radius 3 is 2.27 bits per heavy atom. The van der Waals surface area contributed by atoms with Crippen molar-refractivity contribution in [2.24, 2.45) is 11.5 Å². The van der Waals surface area contributed by atoms with Gasteiger partial charge in [-0.2, -0.15) is 13.2 Å². The van der Waals surface area contributed by atoms with Gasteiger partial charge >= 0.3 is 12.1 Å². The van der Waals surface area contributed by atoms with Crippen molar-refractivity contribution in [3.63, 3.8) is 0 Å². The number of benzene rings is 1. The molecule has 1 saturated heterocycles. The summed E-state index contributed by atoms with van der Waals surface area (Å²) >= 11 is 0. The van der Waals surface area contributed by atoms with Gasteiger partial charge in [0.15, 0.2) is 0 Å². The first kappa shape index (κ1) is 26.5. The Balaban J connectivity index is 0.000000479. The number of halogens is 5. The van der Waals surface area contributed by atoms with Crippen LogP contribution in [0, 0.1) is 12.7 Å². The topological polar surface area (TPSA) is 115 Å². The van der Waals surface area contributed by atoms with Gasteiger partial charge < -0.3 is 26.0 Å². The molecule has 1 aromatic carbocycles.